The highest BCUT2D eigenvalue weighted by Gasteiger charge is 2.02. The molecule has 0 aromatic carbocycles. The first-order chi connectivity index (χ1) is 42.6. The van der Waals surface area contributed by atoms with E-state index in [1.807, 2.05) is 12.2 Å². The predicted octanol–water partition coefficient (Wildman–Crippen LogP) is 28.5. The van der Waals surface area contributed by atoms with Crippen molar-refractivity contribution in [1.82, 2.24) is 0 Å². The Hall–Kier alpha value is -3.42. The van der Waals surface area contributed by atoms with Crippen LogP contribution in [0.3, 0.4) is 0 Å². The molecule has 0 aliphatic heterocycles. The molecule has 0 aliphatic carbocycles. The summed E-state index contributed by atoms with van der Waals surface area (Å²) in [5.74, 6) is -0.353. The highest BCUT2D eigenvalue weighted by atomic mass is 16.5. The van der Waals surface area contributed by atoms with Crippen molar-refractivity contribution in [3.05, 3.63) is 61.8 Å². The standard InChI is InChI=1S/C21H38O4.C19H36O2.C18H36.C11H20O2.C10H20.4CH4/c1-24-20(22)18-16-14-12-10-8-6-4-3-5-7-9-11-13-15-17-19-21(23)25-2;1-3-4-5-6-7-8-9-10-11-12-13-14-15-16-17-18-19(20)21-2;1-3-5-7-9-11-13-15-17-18-16-14-12-10-8-6-4-2;1-3-4-5-6-7-8-9-10-11(12)13-2;1-3-5-7-9-10-8-6-4-2;;;;/h3-4H,5-19H2,1-2H3;10-11H,3-9,12-18H2,1-2H3;17-18H,3-16H2,1-2H3;3H,1,4-10H2,2H3;3H,1,4-10H2,2H3;4*1H4/b4-3-;11-10-;18-17+;;;;;;. The average molecular weight is 1290 g/mol. The minimum Gasteiger partial charge on any atom is -0.469 e. The number of methoxy groups -OCH3 is 4. The van der Waals surface area contributed by atoms with E-state index in [2.05, 4.69) is 96.3 Å². The molecule has 546 valence electrons. The zero-order chi connectivity index (χ0) is 65.1. The van der Waals surface area contributed by atoms with E-state index in [0.29, 0.717) is 25.7 Å². The van der Waals surface area contributed by atoms with Crippen LogP contribution in [0, 0.1) is 0 Å². The van der Waals surface area contributed by atoms with E-state index < -0.39 is 0 Å². The van der Waals surface area contributed by atoms with Gasteiger partial charge >= 0.3 is 23.9 Å². The molecule has 8 nitrogen and oxygen atoms in total. The summed E-state index contributed by atoms with van der Waals surface area (Å²) in [6.45, 7) is 16.4. The summed E-state index contributed by atoms with van der Waals surface area (Å²) in [7, 11) is 5.79. The van der Waals surface area contributed by atoms with Gasteiger partial charge in [-0.25, -0.2) is 0 Å². The summed E-state index contributed by atoms with van der Waals surface area (Å²) in [4.78, 5) is 43.5. The highest BCUT2D eigenvalue weighted by Crippen LogP contribution is 2.15. The van der Waals surface area contributed by atoms with Gasteiger partial charge in [-0.15, -0.1) is 13.2 Å². The normalized spacial score (nSPS) is 10.3. The monoisotopic (exact) mass is 1290 g/mol. The van der Waals surface area contributed by atoms with Gasteiger partial charge in [0.05, 0.1) is 28.4 Å². The molecule has 0 unspecified atom stereocenters. The van der Waals surface area contributed by atoms with Crippen molar-refractivity contribution >= 4 is 23.9 Å². The fourth-order valence-corrected chi connectivity index (χ4v) is 9.76. The Labute approximate surface area is 572 Å². The molecule has 0 rings (SSSR count). The average Bonchev–Trinajstić information content (AvgIpc) is 3.55. The maximum atomic E-state index is 10.9. The van der Waals surface area contributed by atoms with Crippen molar-refractivity contribution in [2.75, 3.05) is 28.4 Å². The molecule has 0 aromatic heterocycles. The number of unbranched alkanes of at least 4 members (excludes halogenated alkanes) is 45. The summed E-state index contributed by atoms with van der Waals surface area (Å²) in [6.07, 6.45) is 88.3. The Morgan fingerprint density at radius 1 is 0.220 bits per heavy atom. The van der Waals surface area contributed by atoms with Crippen LogP contribution in [-0.2, 0) is 38.1 Å². The Morgan fingerprint density at radius 3 is 0.495 bits per heavy atom. The Balaban J connectivity index is -0.000000134. The van der Waals surface area contributed by atoms with Crippen LogP contribution in [0.15, 0.2) is 61.8 Å². The lowest BCUT2D eigenvalue weighted by Gasteiger charge is -2.01. The van der Waals surface area contributed by atoms with Crippen LogP contribution in [-0.4, -0.2) is 52.3 Å². The van der Waals surface area contributed by atoms with Crippen molar-refractivity contribution in [3.63, 3.8) is 0 Å². The lowest BCUT2D eigenvalue weighted by atomic mass is 10.1. The lowest BCUT2D eigenvalue weighted by Crippen LogP contribution is -1.99. The molecular weight excluding hydrogens is 1120 g/mol. The number of allylic oxidation sites excluding steroid dienone is 8. The zero-order valence-electron chi connectivity index (χ0n) is 59.6. The number of hydrogen-bond acceptors (Lipinski definition) is 8. The largest absolute Gasteiger partial charge is 0.469 e. The second-order valence-corrected chi connectivity index (χ2v) is 24.1. The van der Waals surface area contributed by atoms with Crippen LogP contribution in [0.5, 0.6) is 0 Å². The van der Waals surface area contributed by atoms with E-state index in [0.717, 1.165) is 57.8 Å². The maximum absolute atomic E-state index is 10.9. The zero-order valence-corrected chi connectivity index (χ0v) is 59.6. The molecule has 0 amide bonds. The summed E-state index contributed by atoms with van der Waals surface area (Å²) in [5, 5.41) is 0. The van der Waals surface area contributed by atoms with Crippen LogP contribution in [0.1, 0.15) is 423 Å². The van der Waals surface area contributed by atoms with E-state index in [1.54, 1.807) is 0 Å². The summed E-state index contributed by atoms with van der Waals surface area (Å²) in [6, 6.07) is 0. The van der Waals surface area contributed by atoms with Crippen LogP contribution >= 0.6 is 0 Å². The van der Waals surface area contributed by atoms with E-state index in [1.165, 1.54) is 311 Å². The fourth-order valence-electron chi connectivity index (χ4n) is 9.76. The molecule has 0 heterocycles. The minimum absolute atomic E-state index is 0. The van der Waals surface area contributed by atoms with Gasteiger partial charge in [-0.1, -0.05) is 318 Å². The van der Waals surface area contributed by atoms with E-state index in [4.69, 9.17) is 0 Å². The number of carbonyl (C=O) groups excluding carboxylic acids is 4. The summed E-state index contributed by atoms with van der Waals surface area (Å²) >= 11 is 0. The number of rotatable bonds is 61. The first-order valence-corrected chi connectivity index (χ1v) is 37.1. The van der Waals surface area contributed by atoms with Crippen molar-refractivity contribution in [1.29, 1.82) is 0 Å². The molecule has 0 spiro atoms. The molecule has 0 fully saturated rings. The number of hydrogen-bond donors (Lipinski definition) is 0. The van der Waals surface area contributed by atoms with Gasteiger partial charge in [0.1, 0.15) is 0 Å². The maximum Gasteiger partial charge on any atom is 0.305 e. The molecule has 0 radical (unpaired) electrons. The number of carbonyl (C=O) groups is 4. The molecule has 0 aromatic rings. The van der Waals surface area contributed by atoms with Crippen LogP contribution < -0.4 is 0 Å². The van der Waals surface area contributed by atoms with Gasteiger partial charge in [0.15, 0.2) is 0 Å². The quantitative estimate of drug-likeness (QED) is 0.0257. The van der Waals surface area contributed by atoms with E-state index >= 15 is 0 Å². The first kappa shape index (κ1) is 106. The Bertz CT molecular complexity index is 1420. The van der Waals surface area contributed by atoms with Gasteiger partial charge in [-0.2, -0.15) is 0 Å². The molecule has 0 N–H and O–H groups in total. The molecule has 8 heteroatoms. The molecule has 0 saturated carbocycles. The fraction of sp³-hybridized carbons (Fsp3) is 0.831. The van der Waals surface area contributed by atoms with Crippen LogP contribution in [0.2, 0.25) is 0 Å². The minimum atomic E-state index is -0.0934. The van der Waals surface area contributed by atoms with Gasteiger partial charge in [-0.3, -0.25) is 19.2 Å². The third kappa shape index (κ3) is 118. The van der Waals surface area contributed by atoms with Crippen LogP contribution in [0.4, 0.5) is 0 Å². The summed E-state index contributed by atoms with van der Waals surface area (Å²) < 4.78 is 18.4. The SMILES string of the molecule is C.C.C.C.C=CCCCCCCCC.C=CCCCCCCCC(=O)OC.CCCCCCCC/C=C/CCCCCCCC.CCCCCCCC/C=C\CCCCCCCC(=O)OC.COC(=O)CCCCCCC/C=C\CCCCCCCCC(=O)OC. The van der Waals surface area contributed by atoms with Crippen molar-refractivity contribution < 1.29 is 38.1 Å². The van der Waals surface area contributed by atoms with Gasteiger partial charge in [0.25, 0.3) is 0 Å². The number of ether oxygens (including phenoxy) is 4. The Kier molecular flexibility index (Phi) is 123. The van der Waals surface area contributed by atoms with Crippen molar-refractivity contribution in [2.45, 2.75) is 423 Å². The van der Waals surface area contributed by atoms with E-state index in [-0.39, 0.29) is 53.6 Å². The predicted molar refractivity (Wildman–Crippen MR) is 409 cm³/mol. The molecule has 0 aliphatic rings. The third-order valence-corrected chi connectivity index (χ3v) is 15.6. The third-order valence-electron chi connectivity index (χ3n) is 15.6. The molecule has 0 saturated heterocycles. The molecule has 0 bridgehead atoms. The molecule has 91 heavy (non-hydrogen) atoms. The van der Waals surface area contributed by atoms with Gasteiger partial charge in [0, 0.05) is 25.7 Å². The van der Waals surface area contributed by atoms with Crippen LogP contribution in [0.25, 0.3) is 0 Å². The Morgan fingerprint density at radius 2 is 0.352 bits per heavy atom. The molecule has 0 atom stereocenters. The molecular formula is C83H166O8. The topological polar surface area (TPSA) is 105 Å². The van der Waals surface area contributed by atoms with Crippen molar-refractivity contribution in [2.24, 2.45) is 0 Å². The highest BCUT2D eigenvalue weighted by molar-refractivity contribution is 5.70. The summed E-state index contributed by atoms with van der Waals surface area (Å²) in [5.41, 5.74) is 0. The van der Waals surface area contributed by atoms with E-state index in [9.17, 15) is 19.2 Å². The van der Waals surface area contributed by atoms with Crippen molar-refractivity contribution in [3.8, 4) is 0 Å². The first-order valence-electron chi connectivity index (χ1n) is 37.1. The second-order valence-electron chi connectivity index (χ2n) is 24.1. The van der Waals surface area contributed by atoms with Gasteiger partial charge in [0.2, 0.25) is 0 Å². The smallest absolute Gasteiger partial charge is 0.305 e. The van der Waals surface area contributed by atoms with Gasteiger partial charge in [-0.05, 0) is 128 Å². The lowest BCUT2D eigenvalue weighted by molar-refractivity contribution is -0.141. The second kappa shape index (κ2) is 105. The van der Waals surface area contributed by atoms with Gasteiger partial charge < -0.3 is 18.9 Å². The number of esters is 4.